The molecule has 0 fully saturated rings. The molecule has 0 bridgehead atoms. The molecule has 0 aromatic heterocycles. The Kier molecular flexibility index (Phi) is 11.1. The summed E-state index contributed by atoms with van der Waals surface area (Å²) >= 11 is 0. The summed E-state index contributed by atoms with van der Waals surface area (Å²) in [6.07, 6.45) is 1.18. The fourth-order valence-electron chi connectivity index (χ4n) is 1.16. The van der Waals surface area contributed by atoms with E-state index in [-0.39, 0.29) is 12.5 Å². The van der Waals surface area contributed by atoms with Crippen LogP contribution in [0.1, 0.15) is 12.0 Å². The van der Waals surface area contributed by atoms with Crippen LogP contribution in [0.5, 0.6) is 0 Å². The van der Waals surface area contributed by atoms with E-state index in [1.165, 1.54) is 0 Å². The summed E-state index contributed by atoms with van der Waals surface area (Å²) in [5.41, 5.74) is 11.2. The van der Waals surface area contributed by atoms with Gasteiger partial charge in [-0.05, 0) is 12.0 Å². The van der Waals surface area contributed by atoms with Crippen molar-refractivity contribution in [2.24, 2.45) is 11.5 Å². The van der Waals surface area contributed by atoms with E-state index in [1.54, 1.807) is 0 Å². The SMILES string of the molecule is NC(=O)CCc1ccccc1.NCCOCCO. The van der Waals surface area contributed by atoms with Gasteiger partial charge in [-0.2, -0.15) is 0 Å². The number of hydrogen-bond acceptors (Lipinski definition) is 4. The third kappa shape index (κ3) is 11.1. The lowest BCUT2D eigenvalue weighted by Crippen LogP contribution is -2.10. The van der Waals surface area contributed by atoms with Gasteiger partial charge in [0.15, 0.2) is 0 Å². The summed E-state index contributed by atoms with van der Waals surface area (Å²) in [7, 11) is 0. The lowest BCUT2D eigenvalue weighted by atomic mass is 10.1. The Morgan fingerprint density at radius 2 is 1.89 bits per heavy atom. The Bertz CT molecular complexity index is 300. The number of aliphatic hydroxyl groups excluding tert-OH is 1. The number of hydrogen-bond donors (Lipinski definition) is 3. The standard InChI is InChI=1S/C9H11NO.C4H11NO2/c10-9(11)7-6-8-4-2-1-3-5-8;5-1-3-7-4-2-6/h1-5H,6-7H2,(H2,10,11);6H,1-5H2. The zero-order chi connectivity index (χ0) is 13.6. The van der Waals surface area contributed by atoms with Crippen LogP contribution in [0.3, 0.4) is 0 Å². The van der Waals surface area contributed by atoms with Gasteiger partial charge in [0, 0.05) is 13.0 Å². The van der Waals surface area contributed by atoms with Gasteiger partial charge >= 0.3 is 0 Å². The van der Waals surface area contributed by atoms with Crippen molar-refractivity contribution in [3.63, 3.8) is 0 Å². The summed E-state index contributed by atoms with van der Waals surface area (Å²) < 4.78 is 4.76. The van der Waals surface area contributed by atoms with Crippen molar-refractivity contribution in [3.8, 4) is 0 Å². The topological polar surface area (TPSA) is 98.6 Å². The highest BCUT2D eigenvalue weighted by molar-refractivity contribution is 5.73. The molecule has 0 heterocycles. The number of aliphatic hydroxyl groups is 1. The average molecular weight is 254 g/mol. The van der Waals surface area contributed by atoms with E-state index >= 15 is 0 Å². The number of rotatable bonds is 7. The van der Waals surface area contributed by atoms with Crippen LogP contribution in [-0.2, 0) is 16.0 Å². The maximum atomic E-state index is 10.4. The highest BCUT2D eigenvalue weighted by atomic mass is 16.5. The van der Waals surface area contributed by atoms with Crippen LogP contribution in [0.15, 0.2) is 30.3 Å². The molecule has 5 N–H and O–H groups in total. The van der Waals surface area contributed by atoms with Gasteiger partial charge < -0.3 is 21.3 Å². The molecule has 102 valence electrons. The van der Waals surface area contributed by atoms with Crippen molar-refractivity contribution < 1.29 is 14.6 Å². The van der Waals surface area contributed by atoms with Crippen LogP contribution in [0.25, 0.3) is 0 Å². The first-order valence-corrected chi connectivity index (χ1v) is 5.91. The van der Waals surface area contributed by atoms with Gasteiger partial charge in [-0.25, -0.2) is 0 Å². The van der Waals surface area contributed by atoms with Crippen molar-refractivity contribution in [1.29, 1.82) is 0 Å². The molecule has 1 amide bonds. The molecule has 1 aromatic rings. The van der Waals surface area contributed by atoms with Gasteiger partial charge in [-0.3, -0.25) is 4.79 Å². The Labute approximate surface area is 108 Å². The smallest absolute Gasteiger partial charge is 0.217 e. The summed E-state index contributed by atoms with van der Waals surface area (Å²) in [6, 6.07) is 9.84. The van der Waals surface area contributed by atoms with E-state index in [0.29, 0.717) is 26.2 Å². The molecule has 0 saturated carbocycles. The highest BCUT2D eigenvalue weighted by Gasteiger charge is 1.94. The van der Waals surface area contributed by atoms with Crippen molar-refractivity contribution in [3.05, 3.63) is 35.9 Å². The number of carbonyl (C=O) groups excluding carboxylic acids is 1. The molecule has 0 saturated heterocycles. The number of aryl methyl sites for hydroxylation is 1. The first kappa shape index (κ1) is 16.6. The van der Waals surface area contributed by atoms with Crippen LogP contribution in [0, 0.1) is 0 Å². The number of ether oxygens (including phenoxy) is 1. The van der Waals surface area contributed by atoms with E-state index in [0.717, 1.165) is 12.0 Å². The van der Waals surface area contributed by atoms with Gasteiger partial charge in [0.1, 0.15) is 0 Å². The van der Waals surface area contributed by atoms with Gasteiger partial charge in [-0.15, -0.1) is 0 Å². The fourth-order valence-corrected chi connectivity index (χ4v) is 1.16. The second kappa shape index (κ2) is 12.0. The molecule has 5 nitrogen and oxygen atoms in total. The number of amides is 1. The molecular weight excluding hydrogens is 232 g/mol. The molecule has 1 rings (SSSR count). The first-order valence-electron chi connectivity index (χ1n) is 5.91. The maximum absolute atomic E-state index is 10.4. The number of nitrogens with two attached hydrogens (primary N) is 2. The Morgan fingerprint density at radius 3 is 2.39 bits per heavy atom. The predicted molar refractivity (Wildman–Crippen MR) is 70.9 cm³/mol. The monoisotopic (exact) mass is 254 g/mol. The third-order valence-electron chi connectivity index (χ3n) is 2.00. The van der Waals surface area contributed by atoms with Crippen LogP contribution in [-0.4, -0.2) is 37.4 Å². The number of primary amides is 1. The Hall–Kier alpha value is -1.43. The van der Waals surface area contributed by atoms with E-state index in [2.05, 4.69) is 0 Å². The molecule has 0 atom stereocenters. The van der Waals surface area contributed by atoms with E-state index in [1.807, 2.05) is 30.3 Å². The van der Waals surface area contributed by atoms with Gasteiger partial charge in [0.2, 0.25) is 5.91 Å². The minimum Gasteiger partial charge on any atom is -0.394 e. The average Bonchev–Trinajstić information content (AvgIpc) is 2.39. The van der Waals surface area contributed by atoms with Crippen molar-refractivity contribution in [1.82, 2.24) is 0 Å². The zero-order valence-electron chi connectivity index (χ0n) is 10.5. The second-order valence-electron chi connectivity index (χ2n) is 3.58. The Balaban J connectivity index is 0.000000360. The van der Waals surface area contributed by atoms with Crippen LogP contribution in [0.2, 0.25) is 0 Å². The Morgan fingerprint density at radius 1 is 1.22 bits per heavy atom. The molecule has 0 aliphatic heterocycles. The molecule has 5 heteroatoms. The molecule has 0 aliphatic carbocycles. The molecule has 0 unspecified atom stereocenters. The summed E-state index contributed by atoms with van der Waals surface area (Å²) in [5.74, 6) is -0.242. The fraction of sp³-hybridized carbons (Fsp3) is 0.462. The van der Waals surface area contributed by atoms with Gasteiger partial charge in [0.25, 0.3) is 0 Å². The predicted octanol–water partition coefficient (Wildman–Crippen LogP) is 0.0585. The number of benzene rings is 1. The minimum absolute atomic E-state index is 0.0833. The van der Waals surface area contributed by atoms with Crippen molar-refractivity contribution in [2.45, 2.75) is 12.8 Å². The largest absolute Gasteiger partial charge is 0.394 e. The summed E-state index contributed by atoms with van der Waals surface area (Å²) in [5, 5.41) is 8.13. The minimum atomic E-state index is -0.242. The van der Waals surface area contributed by atoms with Crippen LogP contribution >= 0.6 is 0 Å². The van der Waals surface area contributed by atoms with Crippen LogP contribution < -0.4 is 11.5 Å². The molecular formula is C13H22N2O3. The molecule has 0 spiro atoms. The summed E-state index contributed by atoms with van der Waals surface area (Å²) in [6.45, 7) is 1.55. The van der Waals surface area contributed by atoms with E-state index in [4.69, 9.17) is 21.3 Å². The number of carbonyl (C=O) groups is 1. The molecule has 0 radical (unpaired) electrons. The summed E-state index contributed by atoms with van der Waals surface area (Å²) in [4.78, 5) is 10.4. The normalized spacial score (nSPS) is 9.44. The molecule has 18 heavy (non-hydrogen) atoms. The van der Waals surface area contributed by atoms with Crippen molar-refractivity contribution in [2.75, 3.05) is 26.4 Å². The first-order chi connectivity index (χ1) is 8.70. The molecule has 0 aliphatic rings. The third-order valence-corrected chi connectivity index (χ3v) is 2.00. The lowest BCUT2D eigenvalue weighted by Gasteiger charge is -1.96. The molecule has 1 aromatic carbocycles. The van der Waals surface area contributed by atoms with E-state index in [9.17, 15) is 4.79 Å². The maximum Gasteiger partial charge on any atom is 0.217 e. The van der Waals surface area contributed by atoms with Crippen LogP contribution in [0.4, 0.5) is 0 Å². The second-order valence-corrected chi connectivity index (χ2v) is 3.58. The highest BCUT2D eigenvalue weighted by Crippen LogP contribution is 2.00. The quantitative estimate of drug-likeness (QED) is 0.599. The van der Waals surface area contributed by atoms with Crippen molar-refractivity contribution >= 4 is 5.91 Å². The van der Waals surface area contributed by atoms with Gasteiger partial charge in [-0.1, -0.05) is 30.3 Å². The van der Waals surface area contributed by atoms with E-state index < -0.39 is 0 Å². The van der Waals surface area contributed by atoms with Gasteiger partial charge in [0.05, 0.1) is 19.8 Å². The lowest BCUT2D eigenvalue weighted by molar-refractivity contribution is -0.117. The zero-order valence-corrected chi connectivity index (χ0v) is 10.5.